The van der Waals surface area contributed by atoms with E-state index in [9.17, 15) is 19.7 Å². The van der Waals surface area contributed by atoms with Gasteiger partial charge in [-0.1, -0.05) is 31.7 Å². The van der Waals surface area contributed by atoms with Crippen molar-refractivity contribution in [3.8, 4) is 0 Å². The summed E-state index contributed by atoms with van der Waals surface area (Å²) in [6.45, 7) is 3.84. The Balaban J connectivity index is 1.69. The van der Waals surface area contributed by atoms with E-state index in [1.54, 1.807) is 23.2 Å². The molecule has 0 aliphatic rings. The Morgan fingerprint density at radius 3 is 2.75 bits per heavy atom. The van der Waals surface area contributed by atoms with Crippen molar-refractivity contribution in [3.05, 3.63) is 57.3 Å². The van der Waals surface area contributed by atoms with Crippen molar-refractivity contribution < 1.29 is 14.5 Å². The summed E-state index contributed by atoms with van der Waals surface area (Å²) in [6.07, 6.45) is 1.61. The van der Waals surface area contributed by atoms with E-state index in [1.807, 2.05) is 13.8 Å². The maximum Gasteiger partial charge on any atom is 0.270 e. The SMILES string of the molecule is CC(C)[C@H](NC(=O)c1cccc([N+](=O)[O-])c1)c1nnc(SCC(=O)Nc2nccs2)n1C. The number of rotatable bonds is 9. The molecule has 32 heavy (non-hydrogen) atoms. The van der Waals surface area contributed by atoms with Gasteiger partial charge in [-0.15, -0.1) is 21.5 Å². The van der Waals surface area contributed by atoms with Gasteiger partial charge in [0.15, 0.2) is 16.1 Å². The summed E-state index contributed by atoms with van der Waals surface area (Å²) in [6, 6.07) is 5.04. The Morgan fingerprint density at radius 2 is 2.09 bits per heavy atom. The van der Waals surface area contributed by atoms with Crippen molar-refractivity contribution in [1.82, 2.24) is 25.1 Å². The van der Waals surface area contributed by atoms with Crippen molar-refractivity contribution in [1.29, 1.82) is 0 Å². The zero-order valence-electron chi connectivity index (χ0n) is 17.5. The van der Waals surface area contributed by atoms with Crippen LogP contribution < -0.4 is 10.6 Å². The average Bonchev–Trinajstić information content (AvgIpc) is 3.40. The largest absolute Gasteiger partial charge is 0.342 e. The Bertz CT molecular complexity index is 1110. The van der Waals surface area contributed by atoms with Crippen molar-refractivity contribution in [2.45, 2.75) is 25.0 Å². The molecule has 2 N–H and O–H groups in total. The minimum Gasteiger partial charge on any atom is -0.342 e. The van der Waals surface area contributed by atoms with E-state index >= 15 is 0 Å². The van der Waals surface area contributed by atoms with Crippen molar-refractivity contribution in [2.75, 3.05) is 11.1 Å². The summed E-state index contributed by atoms with van der Waals surface area (Å²) in [5, 5.41) is 27.7. The van der Waals surface area contributed by atoms with Gasteiger partial charge >= 0.3 is 0 Å². The highest BCUT2D eigenvalue weighted by Crippen LogP contribution is 2.25. The van der Waals surface area contributed by atoms with Gasteiger partial charge in [-0.05, 0) is 12.0 Å². The Labute approximate surface area is 191 Å². The van der Waals surface area contributed by atoms with Crippen LogP contribution in [0.15, 0.2) is 41.0 Å². The molecular weight excluding hydrogens is 454 g/mol. The predicted molar refractivity (Wildman–Crippen MR) is 121 cm³/mol. The van der Waals surface area contributed by atoms with E-state index in [0.717, 1.165) is 0 Å². The zero-order chi connectivity index (χ0) is 23.3. The summed E-state index contributed by atoms with van der Waals surface area (Å²) in [7, 11) is 1.76. The van der Waals surface area contributed by atoms with E-state index in [1.165, 1.54) is 47.4 Å². The summed E-state index contributed by atoms with van der Waals surface area (Å²) in [5.74, 6) is -0.0627. The number of nitrogens with one attached hydrogen (secondary N) is 2. The highest BCUT2D eigenvalue weighted by Gasteiger charge is 2.26. The quantitative estimate of drug-likeness (QED) is 0.273. The fourth-order valence-electron chi connectivity index (χ4n) is 2.81. The molecule has 0 saturated carbocycles. The van der Waals surface area contributed by atoms with Crippen LogP contribution in [0, 0.1) is 16.0 Å². The molecule has 2 heterocycles. The summed E-state index contributed by atoms with van der Waals surface area (Å²) >= 11 is 2.54. The molecule has 0 radical (unpaired) electrons. The number of nitro groups is 1. The zero-order valence-corrected chi connectivity index (χ0v) is 19.1. The molecule has 0 aliphatic carbocycles. The van der Waals surface area contributed by atoms with Crippen LogP contribution in [0.5, 0.6) is 0 Å². The predicted octanol–water partition coefficient (Wildman–Crippen LogP) is 3.04. The van der Waals surface area contributed by atoms with Crippen LogP contribution >= 0.6 is 23.1 Å². The molecule has 2 aromatic heterocycles. The van der Waals surface area contributed by atoms with Gasteiger partial charge < -0.3 is 15.2 Å². The van der Waals surface area contributed by atoms with Gasteiger partial charge in [0.05, 0.1) is 16.7 Å². The Morgan fingerprint density at radius 1 is 1.31 bits per heavy atom. The number of thioether (sulfide) groups is 1. The third-order valence-electron chi connectivity index (χ3n) is 4.43. The van der Waals surface area contributed by atoms with Crippen molar-refractivity contribution >= 4 is 45.7 Å². The summed E-state index contributed by atoms with van der Waals surface area (Å²) in [4.78, 5) is 39.3. The highest BCUT2D eigenvalue weighted by molar-refractivity contribution is 7.99. The molecule has 0 aliphatic heterocycles. The van der Waals surface area contributed by atoms with Gasteiger partial charge in [-0.25, -0.2) is 4.98 Å². The number of non-ortho nitro benzene ring substituents is 1. The maximum atomic E-state index is 12.7. The lowest BCUT2D eigenvalue weighted by Gasteiger charge is -2.21. The lowest BCUT2D eigenvalue weighted by molar-refractivity contribution is -0.384. The third kappa shape index (κ3) is 5.68. The highest BCUT2D eigenvalue weighted by atomic mass is 32.2. The van der Waals surface area contributed by atoms with Gasteiger partial charge in [-0.3, -0.25) is 19.7 Å². The number of thiazole rings is 1. The molecule has 0 fully saturated rings. The molecule has 3 rings (SSSR count). The molecule has 0 saturated heterocycles. The Kier molecular flexibility index (Phi) is 7.53. The van der Waals surface area contributed by atoms with Gasteiger partial charge in [0.2, 0.25) is 5.91 Å². The second-order valence-corrected chi connectivity index (χ2v) is 8.91. The van der Waals surface area contributed by atoms with Crippen LogP contribution in [0.25, 0.3) is 0 Å². The number of nitrogens with zero attached hydrogens (tertiary/aromatic N) is 5. The fourth-order valence-corrected chi connectivity index (χ4v) is 4.07. The minimum absolute atomic E-state index is 0.0356. The first kappa shape index (κ1) is 23.3. The molecule has 3 aromatic rings. The molecule has 0 bridgehead atoms. The number of anilines is 1. The van der Waals surface area contributed by atoms with Crippen LogP contribution in [-0.2, 0) is 11.8 Å². The molecule has 1 atom stereocenters. The maximum absolute atomic E-state index is 12.7. The van der Waals surface area contributed by atoms with Gasteiger partial charge in [-0.2, -0.15) is 0 Å². The number of amides is 2. The number of hydrogen-bond acceptors (Lipinski definition) is 9. The number of carbonyl (C=O) groups is 2. The first-order valence-corrected chi connectivity index (χ1v) is 11.4. The molecular formula is C19H21N7O4S2. The van der Waals surface area contributed by atoms with E-state index in [4.69, 9.17) is 0 Å². The number of nitro benzene ring substituents is 1. The van der Waals surface area contributed by atoms with Crippen LogP contribution in [0.2, 0.25) is 0 Å². The first-order chi connectivity index (χ1) is 15.3. The molecule has 13 heteroatoms. The molecule has 168 valence electrons. The molecule has 0 unspecified atom stereocenters. The number of hydrogen-bond donors (Lipinski definition) is 2. The third-order valence-corrected chi connectivity index (χ3v) is 6.14. The van der Waals surface area contributed by atoms with Crippen LogP contribution in [-0.4, -0.2) is 42.2 Å². The molecule has 2 amide bonds. The monoisotopic (exact) mass is 475 g/mol. The van der Waals surface area contributed by atoms with Crippen LogP contribution in [0.4, 0.5) is 10.8 Å². The average molecular weight is 476 g/mol. The minimum atomic E-state index is -0.548. The standard InChI is InChI=1S/C19H21N7O4S2/c1-11(2)15(22-17(28)12-5-4-6-13(9-12)26(29)30)16-23-24-19(25(16)3)32-10-14(27)21-18-20-7-8-31-18/h4-9,11,15H,10H2,1-3H3,(H,22,28)(H,20,21,27)/t15-/m0/s1. The molecule has 1 aromatic carbocycles. The van der Waals surface area contributed by atoms with Crippen LogP contribution in [0.1, 0.15) is 36.1 Å². The Hall–Kier alpha value is -3.32. The van der Waals surface area contributed by atoms with E-state index < -0.39 is 16.9 Å². The summed E-state index contributed by atoms with van der Waals surface area (Å²) < 4.78 is 1.72. The van der Waals surface area contributed by atoms with E-state index in [0.29, 0.717) is 16.1 Å². The van der Waals surface area contributed by atoms with Crippen molar-refractivity contribution in [2.24, 2.45) is 13.0 Å². The van der Waals surface area contributed by atoms with Gasteiger partial charge in [0.1, 0.15) is 0 Å². The number of benzene rings is 1. The van der Waals surface area contributed by atoms with Gasteiger partial charge in [0, 0.05) is 36.3 Å². The fraction of sp³-hybridized carbons (Fsp3) is 0.316. The second-order valence-electron chi connectivity index (χ2n) is 7.08. The lowest BCUT2D eigenvalue weighted by atomic mass is 10.0. The summed E-state index contributed by atoms with van der Waals surface area (Å²) in [5.41, 5.74) is 0.0209. The molecule has 0 spiro atoms. The normalized spacial score (nSPS) is 11.9. The number of carbonyl (C=O) groups excluding carboxylic acids is 2. The topological polar surface area (TPSA) is 145 Å². The van der Waals surface area contributed by atoms with E-state index in [2.05, 4.69) is 25.8 Å². The van der Waals surface area contributed by atoms with E-state index in [-0.39, 0.29) is 28.8 Å². The van der Waals surface area contributed by atoms with Gasteiger partial charge in [0.25, 0.3) is 11.6 Å². The molecule has 11 nitrogen and oxygen atoms in total. The van der Waals surface area contributed by atoms with Crippen molar-refractivity contribution in [3.63, 3.8) is 0 Å². The van der Waals surface area contributed by atoms with Crippen LogP contribution in [0.3, 0.4) is 0 Å². The first-order valence-electron chi connectivity index (χ1n) is 9.53. The number of aromatic nitrogens is 4. The second kappa shape index (κ2) is 10.3. The lowest BCUT2D eigenvalue weighted by Crippen LogP contribution is -2.33. The smallest absolute Gasteiger partial charge is 0.270 e.